The molecule has 0 aliphatic carbocycles. The van der Waals surface area contributed by atoms with Crippen molar-refractivity contribution in [2.45, 2.75) is 20.8 Å². The molecular formula is C13H15N3O4. The van der Waals surface area contributed by atoms with Gasteiger partial charge in [0, 0.05) is 18.0 Å². The minimum absolute atomic E-state index is 0.149. The standard InChI is InChI=1S/C13H15N3O4/c1-4-19-13(18)11-8(3)14-6-10(11)15-12(17)9-5-7(2)20-16-9/h5-6,14H,4H2,1-3H3,(H,15,17). The minimum atomic E-state index is -0.488. The first-order valence-corrected chi connectivity index (χ1v) is 6.12. The van der Waals surface area contributed by atoms with Crippen LogP contribution < -0.4 is 5.32 Å². The summed E-state index contributed by atoms with van der Waals surface area (Å²) in [5, 5.41) is 6.22. The normalized spacial score (nSPS) is 10.3. The molecule has 2 rings (SSSR count). The molecule has 0 spiro atoms. The summed E-state index contributed by atoms with van der Waals surface area (Å²) >= 11 is 0. The fourth-order valence-electron chi connectivity index (χ4n) is 1.75. The third-order valence-electron chi connectivity index (χ3n) is 2.67. The molecule has 7 heteroatoms. The van der Waals surface area contributed by atoms with Gasteiger partial charge in [-0.2, -0.15) is 0 Å². The summed E-state index contributed by atoms with van der Waals surface area (Å²) in [6.45, 7) is 5.39. The Balaban J connectivity index is 2.22. The van der Waals surface area contributed by atoms with E-state index < -0.39 is 11.9 Å². The van der Waals surface area contributed by atoms with Crippen molar-refractivity contribution in [3.8, 4) is 0 Å². The number of nitrogens with one attached hydrogen (secondary N) is 2. The molecule has 2 aromatic heterocycles. The SMILES string of the molecule is CCOC(=O)c1c(NC(=O)c2cc(C)on2)c[nH]c1C. The topological polar surface area (TPSA) is 97.2 Å². The number of aromatic amines is 1. The summed E-state index contributed by atoms with van der Waals surface area (Å²) in [7, 11) is 0. The number of amides is 1. The molecular weight excluding hydrogens is 262 g/mol. The number of anilines is 1. The predicted molar refractivity (Wildman–Crippen MR) is 70.7 cm³/mol. The van der Waals surface area contributed by atoms with Crippen LogP contribution in [0.5, 0.6) is 0 Å². The van der Waals surface area contributed by atoms with Gasteiger partial charge in [0.05, 0.1) is 12.3 Å². The van der Waals surface area contributed by atoms with E-state index in [0.717, 1.165) is 0 Å². The lowest BCUT2D eigenvalue weighted by atomic mass is 10.2. The molecule has 0 atom stereocenters. The molecule has 1 amide bonds. The summed E-state index contributed by atoms with van der Waals surface area (Å²) in [4.78, 5) is 26.7. The number of esters is 1. The van der Waals surface area contributed by atoms with E-state index in [1.165, 1.54) is 12.3 Å². The number of aryl methyl sites for hydroxylation is 2. The summed E-state index contributed by atoms with van der Waals surface area (Å²) in [6, 6.07) is 1.51. The first-order chi connectivity index (χ1) is 9.52. The van der Waals surface area contributed by atoms with Crippen molar-refractivity contribution < 1.29 is 18.8 Å². The monoisotopic (exact) mass is 277 g/mol. The lowest BCUT2D eigenvalue weighted by Crippen LogP contribution is -2.15. The van der Waals surface area contributed by atoms with Gasteiger partial charge in [0.25, 0.3) is 5.91 Å². The Bertz CT molecular complexity index is 642. The van der Waals surface area contributed by atoms with E-state index >= 15 is 0 Å². The quantitative estimate of drug-likeness (QED) is 0.833. The van der Waals surface area contributed by atoms with Crippen LogP contribution in [0, 0.1) is 13.8 Å². The molecule has 0 fully saturated rings. The van der Waals surface area contributed by atoms with Crippen molar-refractivity contribution >= 4 is 17.6 Å². The zero-order valence-corrected chi connectivity index (χ0v) is 11.4. The Kier molecular flexibility index (Phi) is 3.88. The van der Waals surface area contributed by atoms with Crippen molar-refractivity contribution in [3.05, 3.63) is 35.0 Å². The second kappa shape index (κ2) is 5.60. The maximum Gasteiger partial charge on any atom is 0.342 e. The predicted octanol–water partition coefficient (Wildman–Crippen LogP) is 2.05. The van der Waals surface area contributed by atoms with Gasteiger partial charge in [-0.05, 0) is 20.8 Å². The van der Waals surface area contributed by atoms with Gasteiger partial charge in [-0.3, -0.25) is 4.79 Å². The van der Waals surface area contributed by atoms with Gasteiger partial charge in [0.1, 0.15) is 11.3 Å². The van der Waals surface area contributed by atoms with E-state index in [9.17, 15) is 9.59 Å². The van der Waals surface area contributed by atoms with Crippen LogP contribution in [0.2, 0.25) is 0 Å². The Morgan fingerprint density at radius 2 is 2.20 bits per heavy atom. The van der Waals surface area contributed by atoms with Gasteiger partial charge in [-0.15, -0.1) is 0 Å². The lowest BCUT2D eigenvalue weighted by molar-refractivity contribution is 0.0527. The van der Waals surface area contributed by atoms with Crippen LogP contribution in [-0.4, -0.2) is 28.6 Å². The molecule has 0 aliphatic heterocycles. The number of ether oxygens (including phenoxy) is 1. The largest absolute Gasteiger partial charge is 0.462 e. The van der Waals surface area contributed by atoms with E-state index in [1.54, 1.807) is 20.8 Å². The van der Waals surface area contributed by atoms with Gasteiger partial charge < -0.3 is 19.6 Å². The Labute approximate surface area is 115 Å². The van der Waals surface area contributed by atoms with Crippen LogP contribution >= 0.6 is 0 Å². The number of aromatic nitrogens is 2. The van der Waals surface area contributed by atoms with Crippen molar-refractivity contribution in [2.75, 3.05) is 11.9 Å². The molecule has 0 aromatic carbocycles. The summed E-state index contributed by atoms with van der Waals surface area (Å²) in [5.41, 5.74) is 1.43. The van der Waals surface area contributed by atoms with Crippen LogP contribution in [0.1, 0.15) is 39.2 Å². The molecule has 0 aliphatic rings. The average molecular weight is 277 g/mol. The molecule has 0 radical (unpaired) electrons. The molecule has 106 valence electrons. The van der Waals surface area contributed by atoms with Gasteiger partial charge in [-0.25, -0.2) is 4.79 Å². The molecule has 0 saturated heterocycles. The molecule has 0 saturated carbocycles. The van der Waals surface area contributed by atoms with E-state index in [0.29, 0.717) is 22.7 Å². The van der Waals surface area contributed by atoms with E-state index in [2.05, 4.69) is 15.5 Å². The number of rotatable bonds is 4. The van der Waals surface area contributed by atoms with E-state index in [-0.39, 0.29) is 12.3 Å². The first-order valence-electron chi connectivity index (χ1n) is 6.12. The number of carbonyl (C=O) groups is 2. The number of H-pyrrole nitrogens is 1. The summed E-state index contributed by atoms with van der Waals surface area (Å²) < 4.78 is 9.79. The molecule has 2 N–H and O–H groups in total. The highest BCUT2D eigenvalue weighted by Crippen LogP contribution is 2.21. The Morgan fingerprint density at radius 1 is 1.45 bits per heavy atom. The molecule has 2 heterocycles. The van der Waals surface area contributed by atoms with E-state index in [1.807, 2.05) is 0 Å². The zero-order valence-electron chi connectivity index (χ0n) is 11.4. The fourth-order valence-corrected chi connectivity index (χ4v) is 1.75. The Morgan fingerprint density at radius 3 is 2.80 bits per heavy atom. The number of hydrogen-bond donors (Lipinski definition) is 2. The number of carbonyl (C=O) groups excluding carboxylic acids is 2. The van der Waals surface area contributed by atoms with Crippen molar-refractivity contribution in [1.82, 2.24) is 10.1 Å². The maximum atomic E-state index is 12.0. The molecule has 2 aromatic rings. The second-order valence-electron chi connectivity index (χ2n) is 4.20. The van der Waals surface area contributed by atoms with Crippen LogP contribution in [0.25, 0.3) is 0 Å². The molecule has 0 unspecified atom stereocenters. The van der Waals surface area contributed by atoms with E-state index in [4.69, 9.17) is 9.26 Å². The smallest absolute Gasteiger partial charge is 0.342 e. The van der Waals surface area contributed by atoms with Crippen molar-refractivity contribution in [3.63, 3.8) is 0 Å². The zero-order chi connectivity index (χ0) is 14.7. The molecule has 0 bridgehead atoms. The van der Waals surface area contributed by atoms with Crippen molar-refractivity contribution in [1.29, 1.82) is 0 Å². The molecule has 20 heavy (non-hydrogen) atoms. The average Bonchev–Trinajstić information content (AvgIpc) is 2.96. The van der Waals surface area contributed by atoms with Crippen LogP contribution in [0.3, 0.4) is 0 Å². The lowest BCUT2D eigenvalue weighted by Gasteiger charge is -2.05. The highest BCUT2D eigenvalue weighted by molar-refractivity contribution is 6.07. The van der Waals surface area contributed by atoms with Gasteiger partial charge >= 0.3 is 5.97 Å². The molecule has 7 nitrogen and oxygen atoms in total. The third-order valence-corrected chi connectivity index (χ3v) is 2.67. The summed E-state index contributed by atoms with van der Waals surface area (Å²) in [5.74, 6) is -0.407. The first kappa shape index (κ1) is 13.9. The minimum Gasteiger partial charge on any atom is -0.462 e. The summed E-state index contributed by atoms with van der Waals surface area (Å²) in [6.07, 6.45) is 1.53. The number of hydrogen-bond acceptors (Lipinski definition) is 5. The van der Waals surface area contributed by atoms with Gasteiger partial charge in [0.15, 0.2) is 5.69 Å². The third kappa shape index (κ3) is 2.71. The number of nitrogens with zero attached hydrogens (tertiary/aromatic N) is 1. The van der Waals surface area contributed by atoms with Crippen molar-refractivity contribution in [2.24, 2.45) is 0 Å². The van der Waals surface area contributed by atoms with Gasteiger partial charge in [0.2, 0.25) is 0 Å². The Hall–Kier alpha value is -2.57. The highest BCUT2D eigenvalue weighted by atomic mass is 16.5. The van der Waals surface area contributed by atoms with Crippen LogP contribution in [0.15, 0.2) is 16.8 Å². The second-order valence-corrected chi connectivity index (χ2v) is 4.20. The highest BCUT2D eigenvalue weighted by Gasteiger charge is 2.20. The maximum absolute atomic E-state index is 12.0. The van der Waals surface area contributed by atoms with Gasteiger partial charge in [-0.1, -0.05) is 5.16 Å². The fraction of sp³-hybridized carbons (Fsp3) is 0.308. The van der Waals surface area contributed by atoms with Crippen LogP contribution in [0.4, 0.5) is 5.69 Å². The van der Waals surface area contributed by atoms with Crippen LogP contribution in [-0.2, 0) is 4.74 Å².